The van der Waals surface area contributed by atoms with Crippen molar-refractivity contribution in [3.05, 3.63) is 0 Å². The number of esters is 2. The fraction of sp³-hybridized carbons (Fsp3) is 0.889. The molecule has 0 aliphatic heterocycles. The molecule has 0 saturated heterocycles. The predicted octanol–water partition coefficient (Wildman–Crippen LogP) is 4.75. The first-order valence-corrected chi connectivity index (χ1v) is 8.60. The minimum Gasteiger partial charge on any atom is -0.469 e. The molecule has 0 aromatic carbocycles. The molecule has 0 aromatic heterocycles. The third-order valence-corrected chi connectivity index (χ3v) is 3.69. The van der Waals surface area contributed by atoms with Crippen LogP contribution in [0.15, 0.2) is 0 Å². The average molecular weight is 316 g/mol. The number of hydrogen-bond acceptors (Lipinski definition) is 4. The molecule has 4 heteroatoms. The van der Waals surface area contributed by atoms with Gasteiger partial charge in [0.25, 0.3) is 0 Å². The van der Waals surface area contributed by atoms with Crippen LogP contribution in [-0.2, 0) is 19.1 Å². The van der Waals surface area contributed by atoms with Crippen LogP contribution in [0, 0.1) is 11.8 Å². The van der Waals surface area contributed by atoms with Gasteiger partial charge in [0.15, 0.2) is 0 Å². The van der Waals surface area contributed by atoms with Gasteiger partial charge in [-0.2, -0.15) is 0 Å². The van der Waals surface area contributed by atoms with Gasteiger partial charge in [-0.15, -0.1) is 0 Å². The van der Waals surface area contributed by atoms with Crippen molar-refractivity contribution in [2.75, 3.05) is 14.2 Å². The fourth-order valence-electron chi connectivity index (χ4n) is 2.04. The van der Waals surface area contributed by atoms with Crippen LogP contribution >= 0.6 is 0 Å². The van der Waals surface area contributed by atoms with Crippen molar-refractivity contribution in [2.45, 2.75) is 79.1 Å². The standard InChI is InChI=1S/2C9H18O2/c2*1-4-5-6-7-8(2)9(10)11-3/h2*8H,4-7H2,1-3H3. The highest BCUT2D eigenvalue weighted by atomic mass is 16.5. The molecule has 0 bridgehead atoms. The SMILES string of the molecule is CCCCCC(C)C(=O)OC.CCCCCC(C)C(=O)OC. The molecule has 0 aliphatic rings. The second-order valence-electron chi connectivity index (χ2n) is 5.84. The van der Waals surface area contributed by atoms with E-state index < -0.39 is 0 Å². The second kappa shape index (κ2) is 16.3. The minimum atomic E-state index is -0.0823. The Balaban J connectivity index is 0. The second-order valence-corrected chi connectivity index (χ2v) is 5.84. The molecule has 0 aromatic rings. The van der Waals surface area contributed by atoms with Gasteiger partial charge >= 0.3 is 11.9 Å². The largest absolute Gasteiger partial charge is 0.469 e. The summed E-state index contributed by atoms with van der Waals surface area (Å²) >= 11 is 0. The van der Waals surface area contributed by atoms with Crippen LogP contribution < -0.4 is 0 Å². The summed E-state index contributed by atoms with van der Waals surface area (Å²) in [4.78, 5) is 21.8. The van der Waals surface area contributed by atoms with Gasteiger partial charge < -0.3 is 9.47 Å². The quantitative estimate of drug-likeness (QED) is 0.431. The van der Waals surface area contributed by atoms with E-state index in [9.17, 15) is 9.59 Å². The Morgan fingerprint density at radius 2 is 1.05 bits per heavy atom. The van der Waals surface area contributed by atoms with Crippen molar-refractivity contribution in [3.63, 3.8) is 0 Å². The van der Waals surface area contributed by atoms with Crippen LogP contribution in [0.3, 0.4) is 0 Å². The van der Waals surface area contributed by atoms with E-state index in [2.05, 4.69) is 23.3 Å². The summed E-state index contributed by atoms with van der Waals surface area (Å²) in [5, 5.41) is 0. The number of unbranched alkanes of at least 4 members (excludes halogenated alkanes) is 4. The zero-order valence-electron chi connectivity index (χ0n) is 15.4. The van der Waals surface area contributed by atoms with Crippen molar-refractivity contribution >= 4 is 11.9 Å². The van der Waals surface area contributed by atoms with E-state index >= 15 is 0 Å². The Bertz CT molecular complexity index is 248. The number of methoxy groups -OCH3 is 2. The van der Waals surface area contributed by atoms with Gasteiger partial charge in [0.2, 0.25) is 0 Å². The lowest BCUT2D eigenvalue weighted by molar-refractivity contribution is -0.145. The highest BCUT2D eigenvalue weighted by Crippen LogP contribution is 2.10. The molecule has 132 valence electrons. The van der Waals surface area contributed by atoms with Gasteiger partial charge in [-0.25, -0.2) is 0 Å². The number of hydrogen-bond donors (Lipinski definition) is 0. The van der Waals surface area contributed by atoms with Crippen LogP contribution in [0.5, 0.6) is 0 Å². The molecule has 2 unspecified atom stereocenters. The van der Waals surface area contributed by atoms with Crippen molar-refractivity contribution in [3.8, 4) is 0 Å². The average Bonchev–Trinajstić information content (AvgIpc) is 2.54. The summed E-state index contributed by atoms with van der Waals surface area (Å²) in [5.41, 5.74) is 0. The number of carbonyl (C=O) groups excluding carboxylic acids is 2. The van der Waals surface area contributed by atoms with Gasteiger partial charge in [0.05, 0.1) is 26.1 Å². The lowest BCUT2D eigenvalue weighted by Crippen LogP contribution is -2.12. The first kappa shape index (κ1) is 23.2. The first-order valence-electron chi connectivity index (χ1n) is 8.60. The predicted molar refractivity (Wildman–Crippen MR) is 90.6 cm³/mol. The van der Waals surface area contributed by atoms with Crippen molar-refractivity contribution in [2.24, 2.45) is 11.8 Å². The van der Waals surface area contributed by atoms with E-state index in [1.807, 2.05) is 13.8 Å². The smallest absolute Gasteiger partial charge is 0.308 e. The Morgan fingerprint density at radius 3 is 1.27 bits per heavy atom. The normalized spacial score (nSPS) is 12.6. The zero-order chi connectivity index (χ0) is 17.4. The summed E-state index contributed by atoms with van der Waals surface area (Å²) in [6.45, 7) is 8.15. The summed E-state index contributed by atoms with van der Waals surface area (Å²) in [7, 11) is 2.89. The third kappa shape index (κ3) is 13.9. The van der Waals surface area contributed by atoms with E-state index in [4.69, 9.17) is 0 Å². The summed E-state index contributed by atoms with van der Waals surface area (Å²) in [6, 6.07) is 0. The Labute approximate surface area is 136 Å². The summed E-state index contributed by atoms with van der Waals surface area (Å²) in [6.07, 6.45) is 9.00. The maximum atomic E-state index is 10.9. The van der Waals surface area contributed by atoms with Crippen LogP contribution in [0.25, 0.3) is 0 Å². The first-order chi connectivity index (χ1) is 10.4. The van der Waals surface area contributed by atoms with E-state index in [1.54, 1.807) is 0 Å². The van der Waals surface area contributed by atoms with Gasteiger partial charge in [0, 0.05) is 0 Å². The van der Waals surface area contributed by atoms with Crippen molar-refractivity contribution in [1.82, 2.24) is 0 Å². The molecule has 0 amide bonds. The third-order valence-electron chi connectivity index (χ3n) is 3.69. The minimum absolute atomic E-state index is 0.0755. The van der Waals surface area contributed by atoms with Crippen LogP contribution in [-0.4, -0.2) is 26.2 Å². The zero-order valence-corrected chi connectivity index (χ0v) is 15.4. The molecule has 4 nitrogen and oxygen atoms in total. The van der Waals surface area contributed by atoms with Crippen LogP contribution in [0.2, 0.25) is 0 Å². The molecular weight excluding hydrogens is 280 g/mol. The van der Waals surface area contributed by atoms with Crippen molar-refractivity contribution in [1.29, 1.82) is 0 Å². The Kier molecular flexibility index (Phi) is 17.2. The number of carbonyl (C=O) groups is 2. The molecule has 0 fully saturated rings. The highest BCUT2D eigenvalue weighted by molar-refractivity contribution is 5.72. The van der Waals surface area contributed by atoms with Gasteiger partial charge in [-0.05, 0) is 12.8 Å². The topological polar surface area (TPSA) is 52.6 Å². The molecule has 0 saturated carbocycles. The maximum Gasteiger partial charge on any atom is 0.308 e. The molecule has 0 heterocycles. The van der Waals surface area contributed by atoms with Gasteiger partial charge in [-0.3, -0.25) is 9.59 Å². The van der Waals surface area contributed by atoms with E-state index in [-0.39, 0.29) is 23.8 Å². The molecule has 0 rings (SSSR count). The molecule has 0 N–H and O–H groups in total. The monoisotopic (exact) mass is 316 g/mol. The number of ether oxygens (including phenoxy) is 2. The lowest BCUT2D eigenvalue weighted by atomic mass is 10.0. The van der Waals surface area contributed by atoms with Gasteiger partial charge in [0.1, 0.15) is 0 Å². The molecule has 0 spiro atoms. The lowest BCUT2D eigenvalue weighted by Gasteiger charge is -2.07. The molecule has 0 aliphatic carbocycles. The number of rotatable bonds is 10. The maximum absolute atomic E-state index is 10.9. The molecule has 2 atom stereocenters. The van der Waals surface area contributed by atoms with Crippen molar-refractivity contribution < 1.29 is 19.1 Å². The van der Waals surface area contributed by atoms with Crippen LogP contribution in [0.1, 0.15) is 79.1 Å². The molecular formula is C18H36O4. The molecule has 0 radical (unpaired) electrons. The summed E-state index contributed by atoms with van der Waals surface area (Å²) in [5.74, 6) is -0.0136. The highest BCUT2D eigenvalue weighted by Gasteiger charge is 2.11. The van der Waals surface area contributed by atoms with E-state index in [0.29, 0.717) is 0 Å². The summed E-state index contributed by atoms with van der Waals surface area (Å²) < 4.78 is 9.21. The van der Waals surface area contributed by atoms with Gasteiger partial charge in [-0.1, -0.05) is 66.2 Å². The van der Waals surface area contributed by atoms with E-state index in [0.717, 1.165) is 25.7 Å². The van der Waals surface area contributed by atoms with Crippen LogP contribution in [0.4, 0.5) is 0 Å². The molecule has 22 heavy (non-hydrogen) atoms. The Hall–Kier alpha value is -1.06. The fourth-order valence-corrected chi connectivity index (χ4v) is 2.04. The Morgan fingerprint density at radius 1 is 0.727 bits per heavy atom. The van der Waals surface area contributed by atoms with E-state index in [1.165, 1.54) is 39.9 Å².